The van der Waals surface area contributed by atoms with E-state index >= 15 is 0 Å². The molecule has 0 aromatic heterocycles. The topological polar surface area (TPSA) is 74.7 Å². The van der Waals surface area contributed by atoms with Gasteiger partial charge in [0.05, 0.1) is 15.5 Å². The van der Waals surface area contributed by atoms with E-state index in [9.17, 15) is 13.2 Å². The fourth-order valence-electron chi connectivity index (χ4n) is 1.22. The summed E-state index contributed by atoms with van der Waals surface area (Å²) >= 11 is 8.84. The van der Waals surface area contributed by atoms with Crippen molar-refractivity contribution < 1.29 is 18.3 Å². The molecule has 0 aliphatic carbocycles. The smallest absolute Gasteiger partial charge is 0.337 e. The van der Waals surface area contributed by atoms with Crippen molar-refractivity contribution in [1.29, 1.82) is 0 Å². The van der Waals surface area contributed by atoms with Crippen molar-refractivity contribution in [3.05, 3.63) is 27.2 Å². The highest BCUT2D eigenvalue weighted by molar-refractivity contribution is 9.10. The summed E-state index contributed by atoms with van der Waals surface area (Å²) in [7, 11) is -2.29. The number of sulfonamides is 1. The number of rotatable bonds is 4. The van der Waals surface area contributed by atoms with Crippen LogP contribution in [0.5, 0.6) is 0 Å². The molecule has 0 saturated carbocycles. The lowest BCUT2D eigenvalue weighted by Gasteiger charge is -2.16. The number of carbonyl (C=O) groups is 1. The van der Waals surface area contributed by atoms with E-state index < -0.39 is 16.0 Å². The highest BCUT2D eigenvalue weighted by Gasteiger charge is 2.23. The van der Waals surface area contributed by atoms with Crippen LogP contribution in [0.3, 0.4) is 0 Å². The molecule has 1 rings (SSSR count). The molecule has 18 heavy (non-hydrogen) atoms. The van der Waals surface area contributed by atoms with Crippen LogP contribution >= 0.6 is 27.5 Å². The lowest BCUT2D eigenvalue weighted by molar-refractivity contribution is 0.0696. The van der Waals surface area contributed by atoms with Gasteiger partial charge in [0.15, 0.2) is 0 Å². The van der Waals surface area contributed by atoms with Crippen LogP contribution in [0.1, 0.15) is 17.3 Å². The molecule has 8 heteroatoms. The van der Waals surface area contributed by atoms with Gasteiger partial charge in [-0.25, -0.2) is 17.5 Å². The lowest BCUT2D eigenvalue weighted by atomic mass is 10.2. The predicted molar refractivity (Wildman–Crippen MR) is 71.6 cm³/mol. The molecule has 0 bridgehead atoms. The Morgan fingerprint density at radius 2 is 2.06 bits per heavy atom. The molecule has 1 aromatic rings. The Bertz CT molecular complexity index is 588. The number of benzene rings is 1. The monoisotopic (exact) mass is 355 g/mol. The van der Waals surface area contributed by atoms with Gasteiger partial charge in [-0.05, 0) is 28.1 Å². The zero-order chi connectivity index (χ0) is 14.1. The van der Waals surface area contributed by atoms with Gasteiger partial charge in [-0.2, -0.15) is 0 Å². The molecule has 0 unspecified atom stereocenters. The summed E-state index contributed by atoms with van der Waals surface area (Å²) in [5.74, 6) is -1.28. The average Bonchev–Trinajstić information content (AvgIpc) is 2.30. The first-order chi connectivity index (χ1) is 8.21. The van der Waals surface area contributed by atoms with Gasteiger partial charge in [0.1, 0.15) is 0 Å². The van der Waals surface area contributed by atoms with Crippen molar-refractivity contribution in [1.82, 2.24) is 4.31 Å². The summed E-state index contributed by atoms with van der Waals surface area (Å²) in [5, 5.41) is 8.94. The van der Waals surface area contributed by atoms with Crippen LogP contribution in [0.4, 0.5) is 0 Å². The maximum Gasteiger partial charge on any atom is 0.337 e. The molecule has 1 aromatic carbocycles. The Morgan fingerprint density at radius 1 is 1.50 bits per heavy atom. The van der Waals surface area contributed by atoms with Gasteiger partial charge in [-0.3, -0.25) is 0 Å². The van der Waals surface area contributed by atoms with Gasteiger partial charge in [-0.1, -0.05) is 18.5 Å². The predicted octanol–water partition coefficient (Wildman–Crippen LogP) is 2.44. The molecule has 0 saturated heterocycles. The highest BCUT2D eigenvalue weighted by Crippen LogP contribution is 2.30. The van der Waals surface area contributed by atoms with Crippen LogP contribution in [0, 0.1) is 0 Å². The van der Waals surface area contributed by atoms with Crippen LogP contribution in [-0.4, -0.2) is 37.4 Å². The molecule has 0 radical (unpaired) electrons. The molecule has 100 valence electrons. The Kier molecular flexibility index (Phi) is 4.77. The molecule has 0 amide bonds. The Morgan fingerprint density at radius 3 is 2.50 bits per heavy atom. The Hall–Kier alpha value is -0.630. The number of aromatic carboxylic acids is 1. The normalized spacial score (nSPS) is 11.8. The van der Waals surface area contributed by atoms with E-state index in [-0.39, 0.29) is 26.5 Å². The second-order valence-corrected chi connectivity index (χ2v) is 6.77. The maximum atomic E-state index is 12.1. The third-order valence-electron chi connectivity index (χ3n) is 2.39. The van der Waals surface area contributed by atoms with Crippen LogP contribution < -0.4 is 0 Å². The summed E-state index contributed by atoms with van der Waals surface area (Å²) in [6, 6.07) is 2.34. The maximum absolute atomic E-state index is 12.1. The first-order valence-corrected chi connectivity index (χ1v) is 7.51. The number of hydrogen-bond acceptors (Lipinski definition) is 3. The molecular formula is C10H11BrClNO4S. The van der Waals surface area contributed by atoms with E-state index in [2.05, 4.69) is 15.9 Å². The van der Waals surface area contributed by atoms with E-state index in [1.807, 2.05) is 0 Å². The second-order valence-electron chi connectivity index (χ2n) is 3.49. The summed E-state index contributed by atoms with van der Waals surface area (Å²) < 4.78 is 25.5. The van der Waals surface area contributed by atoms with Crippen molar-refractivity contribution in [2.24, 2.45) is 0 Å². The van der Waals surface area contributed by atoms with E-state index in [0.717, 1.165) is 10.4 Å². The molecule has 0 fully saturated rings. The van der Waals surface area contributed by atoms with Gasteiger partial charge >= 0.3 is 5.97 Å². The Labute approximate surface area is 119 Å². The minimum Gasteiger partial charge on any atom is -0.478 e. The molecule has 0 aliphatic heterocycles. The first kappa shape index (κ1) is 15.4. The number of carboxylic acid groups (broad SMARTS) is 1. The third-order valence-corrected chi connectivity index (χ3v) is 5.56. The number of hydrogen-bond donors (Lipinski definition) is 1. The quantitative estimate of drug-likeness (QED) is 0.899. The molecule has 5 nitrogen and oxygen atoms in total. The summed E-state index contributed by atoms with van der Waals surface area (Å²) in [4.78, 5) is 10.9. The zero-order valence-corrected chi connectivity index (χ0v) is 12.8. The first-order valence-electron chi connectivity index (χ1n) is 4.90. The van der Waals surface area contributed by atoms with Crippen molar-refractivity contribution in [2.75, 3.05) is 13.6 Å². The van der Waals surface area contributed by atoms with Crippen molar-refractivity contribution in [3.63, 3.8) is 0 Å². The van der Waals surface area contributed by atoms with Gasteiger partial charge in [-0.15, -0.1) is 0 Å². The summed E-state index contributed by atoms with van der Waals surface area (Å²) in [5.41, 5.74) is -0.255. The zero-order valence-electron chi connectivity index (χ0n) is 9.65. The van der Waals surface area contributed by atoms with Gasteiger partial charge in [0.2, 0.25) is 10.0 Å². The van der Waals surface area contributed by atoms with Gasteiger partial charge in [0, 0.05) is 18.1 Å². The number of halogens is 2. The largest absolute Gasteiger partial charge is 0.478 e. The molecular weight excluding hydrogens is 346 g/mol. The van der Waals surface area contributed by atoms with Gasteiger partial charge in [0.25, 0.3) is 0 Å². The van der Waals surface area contributed by atoms with E-state index in [1.54, 1.807) is 6.92 Å². The van der Waals surface area contributed by atoms with E-state index in [4.69, 9.17) is 16.7 Å². The van der Waals surface area contributed by atoms with Crippen LogP contribution in [0.25, 0.3) is 0 Å². The summed E-state index contributed by atoms with van der Waals surface area (Å²) in [6.07, 6.45) is 0. The molecule has 0 heterocycles. The minimum atomic E-state index is -3.70. The standard InChI is InChI=1S/C10H11BrClNO4S/c1-3-13(2)18(16,17)6-4-7(10(14)15)9(12)8(11)5-6/h4-5H,3H2,1-2H3,(H,14,15). The number of nitrogens with zero attached hydrogens (tertiary/aromatic N) is 1. The highest BCUT2D eigenvalue weighted by atomic mass is 79.9. The molecule has 0 spiro atoms. The summed E-state index contributed by atoms with van der Waals surface area (Å²) in [6.45, 7) is 1.96. The van der Waals surface area contributed by atoms with Crippen molar-refractivity contribution in [3.8, 4) is 0 Å². The molecule has 1 N–H and O–H groups in total. The SMILES string of the molecule is CCN(C)S(=O)(=O)c1cc(Br)c(Cl)c(C(=O)O)c1. The Balaban J connectivity index is 3.50. The number of carboxylic acids is 1. The van der Waals surface area contributed by atoms with Crippen molar-refractivity contribution >= 4 is 43.5 Å². The van der Waals surface area contributed by atoms with Crippen LogP contribution in [0.2, 0.25) is 5.02 Å². The fraction of sp³-hybridized carbons (Fsp3) is 0.300. The third kappa shape index (κ3) is 2.85. The second kappa shape index (κ2) is 5.56. The minimum absolute atomic E-state index is 0.0272. The van der Waals surface area contributed by atoms with Gasteiger partial charge < -0.3 is 5.11 Å². The van der Waals surface area contributed by atoms with Crippen LogP contribution in [-0.2, 0) is 10.0 Å². The average molecular weight is 357 g/mol. The molecule has 0 atom stereocenters. The van der Waals surface area contributed by atoms with E-state index in [0.29, 0.717) is 0 Å². The fourth-order valence-corrected chi connectivity index (χ4v) is 3.25. The molecule has 0 aliphatic rings. The van der Waals surface area contributed by atoms with E-state index in [1.165, 1.54) is 13.1 Å². The lowest BCUT2D eigenvalue weighted by Crippen LogP contribution is -2.26. The van der Waals surface area contributed by atoms with Crippen molar-refractivity contribution in [2.45, 2.75) is 11.8 Å². The van der Waals surface area contributed by atoms with Crippen LogP contribution in [0.15, 0.2) is 21.5 Å².